The second-order valence-electron chi connectivity index (χ2n) is 5.73. The van der Waals surface area contributed by atoms with Gasteiger partial charge in [-0.1, -0.05) is 0 Å². The zero-order valence-corrected chi connectivity index (χ0v) is 12.2. The van der Waals surface area contributed by atoms with Crippen molar-refractivity contribution < 1.29 is 14.5 Å². The van der Waals surface area contributed by atoms with Crippen LogP contribution >= 0.6 is 7.21 Å². The Balaban J connectivity index is 3.25. The predicted octanol–water partition coefficient (Wildman–Crippen LogP) is 2.16. The van der Waals surface area contributed by atoms with Crippen LogP contribution in [-0.4, -0.2) is 45.4 Å². The summed E-state index contributed by atoms with van der Waals surface area (Å²) in [5.74, 6) is 0. The van der Waals surface area contributed by atoms with Gasteiger partial charge in [0.15, 0.2) is 0 Å². The molecule has 0 aromatic rings. The first-order valence-electron chi connectivity index (χ1n) is 5.93. The molecule has 5 heteroatoms. The summed E-state index contributed by atoms with van der Waals surface area (Å²) in [4.78, 5) is 11.1. The van der Waals surface area contributed by atoms with Crippen molar-refractivity contribution >= 4 is 7.21 Å². The van der Waals surface area contributed by atoms with Gasteiger partial charge in [-0.3, -0.25) is 0 Å². The van der Waals surface area contributed by atoms with Gasteiger partial charge in [-0.05, 0) is 0 Å². The Hall–Kier alpha value is 0.270. The van der Waals surface area contributed by atoms with E-state index in [0.717, 1.165) is 0 Å². The third kappa shape index (κ3) is 1.81. The first-order valence-corrected chi connectivity index (χ1v) is 8.44. The van der Waals surface area contributed by atoms with Gasteiger partial charge in [0, 0.05) is 0 Å². The van der Waals surface area contributed by atoms with Crippen LogP contribution in [0.2, 0.25) is 0 Å². The van der Waals surface area contributed by atoms with Crippen LogP contribution in [0.25, 0.3) is 0 Å². The Kier molecular flexibility index (Phi) is 3.25. The van der Waals surface area contributed by atoms with Crippen molar-refractivity contribution in [2.24, 2.45) is 0 Å². The molecule has 1 aliphatic rings. The summed E-state index contributed by atoms with van der Waals surface area (Å²) in [5, 5.41) is 9.42. The summed E-state index contributed by atoms with van der Waals surface area (Å²) in [6, 6.07) is 0. The molecule has 0 radical (unpaired) electrons. The number of rotatable bonds is 3. The molecule has 0 amide bonds. The summed E-state index contributed by atoms with van der Waals surface area (Å²) in [6.07, 6.45) is 0.460. The number of hydrogen-bond acceptors (Lipinski definition) is 4. The predicted molar refractivity (Wildman–Crippen MR) is 68.4 cm³/mol. The van der Waals surface area contributed by atoms with Crippen LogP contribution in [0.5, 0.6) is 0 Å². The Morgan fingerprint density at radius 2 is 1.69 bits per heavy atom. The summed E-state index contributed by atoms with van der Waals surface area (Å²) in [5.41, 5.74) is -0.479. The van der Waals surface area contributed by atoms with Gasteiger partial charge in [0.05, 0.1) is 0 Å². The molecule has 1 heterocycles. The molecule has 4 nitrogen and oxygen atoms in total. The molecule has 16 heavy (non-hydrogen) atoms. The van der Waals surface area contributed by atoms with Crippen molar-refractivity contribution in [2.75, 3.05) is 19.8 Å². The minimum atomic E-state index is -3.67. The van der Waals surface area contributed by atoms with E-state index in [1.165, 1.54) is 0 Å². The molecule has 98 valence electrons. The number of hydrogen-bond donors (Lipinski definition) is 2. The number of nitrogens with zero attached hydrogens (tertiary/aromatic N) is 1. The third-order valence-electron chi connectivity index (χ3n) is 3.73. The van der Waals surface area contributed by atoms with E-state index in [-0.39, 0.29) is 0 Å². The quantitative estimate of drug-likeness (QED) is 0.755. The summed E-state index contributed by atoms with van der Waals surface area (Å²) in [7, 11) is -3.67. The molecular weight excluding hydrogens is 225 g/mol. The van der Waals surface area contributed by atoms with Gasteiger partial charge in [0.25, 0.3) is 0 Å². The molecule has 2 N–H and O–H groups in total. The molecule has 0 saturated carbocycles. The summed E-state index contributed by atoms with van der Waals surface area (Å²) < 4.78 is 7.83. The van der Waals surface area contributed by atoms with E-state index in [2.05, 4.69) is 0 Å². The topological polar surface area (TPSA) is 52.9 Å². The van der Waals surface area contributed by atoms with E-state index in [9.17, 15) is 10.00 Å². The van der Waals surface area contributed by atoms with Crippen molar-refractivity contribution in [2.45, 2.75) is 52.0 Å². The molecule has 1 rings (SSSR count). The van der Waals surface area contributed by atoms with Crippen LogP contribution in [0.1, 0.15) is 41.0 Å². The average molecular weight is 251 g/mol. The molecule has 1 atom stereocenters. The molecule has 1 saturated heterocycles. The Morgan fingerprint density at radius 1 is 1.25 bits per heavy atom. The summed E-state index contributed by atoms with van der Waals surface area (Å²) in [6.45, 7) is 12.5. The van der Waals surface area contributed by atoms with Crippen LogP contribution in [0.3, 0.4) is 0 Å². The van der Waals surface area contributed by atoms with Gasteiger partial charge in [-0.15, -0.1) is 0 Å². The fourth-order valence-corrected chi connectivity index (χ4v) is 7.21. The molecule has 0 aromatic heterocycles. The average Bonchev–Trinajstić information content (AvgIpc) is 2.13. The van der Waals surface area contributed by atoms with Gasteiger partial charge in [-0.2, -0.15) is 0 Å². The first kappa shape index (κ1) is 14.3. The van der Waals surface area contributed by atoms with Crippen LogP contribution in [0.15, 0.2) is 0 Å². The Bertz CT molecular complexity index is 285. The van der Waals surface area contributed by atoms with Gasteiger partial charge in [0.1, 0.15) is 0 Å². The molecule has 1 unspecified atom stereocenters. The normalized spacial score (nSPS) is 38.2. The molecule has 0 bridgehead atoms. The van der Waals surface area contributed by atoms with E-state index in [1.807, 2.05) is 32.4 Å². The van der Waals surface area contributed by atoms with Crippen molar-refractivity contribution in [3.63, 3.8) is 0 Å². The van der Waals surface area contributed by atoms with E-state index in [4.69, 9.17) is 4.52 Å². The van der Waals surface area contributed by atoms with E-state index >= 15 is 0 Å². The standard InChI is InChI=1S/C11H26NO3P/c1-7-12(8-2)16(6,14)11(5,13)9-10(3,4)15-16/h13-14H,7-9H2,1-6H3. The molecule has 0 aliphatic carbocycles. The van der Waals surface area contributed by atoms with Gasteiger partial charge >= 0.3 is 98.1 Å². The maximum atomic E-state index is 11.1. The van der Waals surface area contributed by atoms with Crippen molar-refractivity contribution in [3.8, 4) is 0 Å². The molecule has 1 aliphatic heterocycles. The SMILES string of the molecule is CCN(CC)P1(C)(O)OC(C)(C)CC1(C)O. The summed E-state index contributed by atoms with van der Waals surface area (Å²) >= 11 is 0. The second kappa shape index (κ2) is 3.63. The maximum absolute atomic E-state index is 11.1. The fraction of sp³-hybridized carbons (Fsp3) is 1.00. The van der Waals surface area contributed by atoms with E-state index in [0.29, 0.717) is 19.5 Å². The molecule has 0 aromatic carbocycles. The monoisotopic (exact) mass is 251 g/mol. The van der Waals surface area contributed by atoms with Crippen LogP contribution in [0.4, 0.5) is 0 Å². The third-order valence-corrected chi connectivity index (χ3v) is 8.94. The molecule has 1 fully saturated rings. The molecule has 0 spiro atoms. The van der Waals surface area contributed by atoms with E-state index < -0.39 is 18.2 Å². The van der Waals surface area contributed by atoms with Crippen molar-refractivity contribution in [3.05, 3.63) is 0 Å². The van der Waals surface area contributed by atoms with E-state index in [1.54, 1.807) is 13.6 Å². The Labute approximate surface area is 98.7 Å². The van der Waals surface area contributed by atoms with Crippen molar-refractivity contribution in [1.82, 2.24) is 4.67 Å². The second-order valence-corrected chi connectivity index (χ2v) is 10.1. The minimum absolute atomic E-state index is 0.460. The van der Waals surface area contributed by atoms with Gasteiger partial charge in [0.2, 0.25) is 0 Å². The van der Waals surface area contributed by atoms with Crippen LogP contribution in [0, 0.1) is 0 Å². The zero-order valence-electron chi connectivity index (χ0n) is 11.3. The first-order chi connectivity index (χ1) is 6.98. The zero-order chi connectivity index (χ0) is 12.9. The fourth-order valence-electron chi connectivity index (χ4n) is 2.96. The van der Waals surface area contributed by atoms with Gasteiger partial charge < -0.3 is 0 Å². The Morgan fingerprint density at radius 3 is 1.94 bits per heavy atom. The van der Waals surface area contributed by atoms with Crippen molar-refractivity contribution in [1.29, 1.82) is 0 Å². The number of aliphatic hydroxyl groups is 1. The molecular formula is C11H26NO3P. The van der Waals surface area contributed by atoms with Gasteiger partial charge in [-0.25, -0.2) is 0 Å². The van der Waals surface area contributed by atoms with Crippen LogP contribution < -0.4 is 0 Å². The van der Waals surface area contributed by atoms with Crippen LogP contribution in [-0.2, 0) is 4.52 Å².